The van der Waals surface area contributed by atoms with Gasteiger partial charge in [0.15, 0.2) is 17.5 Å². The number of hydrogen-bond donors (Lipinski definition) is 1. The molecule has 0 spiro atoms. The molecule has 2 nitrogen and oxygen atoms in total. The van der Waals surface area contributed by atoms with E-state index in [2.05, 4.69) is 6.92 Å². The van der Waals surface area contributed by atoms with Gasteiger partial charge < -0.3 is 10.5 Å². The van der Waals surface area contributed by atoms with Crippen molar-refractivity contribution < 1.29 is 17.9 Å². The fourth-order valence-corrected chi connectivity index (χ4v) is 3.40. The van der Waals surface area contributed by atoms with Gasteiger partial charge in [-0.05, 0) is 31.7 Å². The van der Waals surface area contributed by atoms with Crippen molar-refractivity contribution in [3.63, 3.8) is 0 Å². The molecule has 1 saturated carbocycles. The van der Waals surface area contributed by atoms with Crippen LogP contribution in [0.15, 0.2) is 12.1 Å². The zero-order chi connectivity index (χ0) is 15.6. The molecule has 1 aromatic rings. The molecule has 5 heteroatoms. The Labute approximate surface area is 123 Å². The maximum atomic E-state index is 14.0. The summed E-state index contributed by atoms with van der Waals surface area (Å²) in [7, 11) is 0. The molecule has 0 heterocycles. The minimum absolute atomic E-state index is 0.0172. The second kappa shape index (κ2) is 6.36. The fourth-order valence-electron chi connectivity index (χ4n) is 3.40. The topological polar surface area (TPSA) is 35.2 Å². The predicted octanol–water partition coefficient (Wildman–Crippen LogP) is 4.09. The lowest BCUT2D eigenvalue weighted by atomic mass is 9.73. The van der Waals surface area contributed by atoms with Gasteiger partial charge in [0.25, 0.3) is 0 Å². The van der Waals surface area contributed by atoms with Gasteiger partial charge in [0.1, 0.15) is 0 Å². The third kappa shape index (κ3) is 3.09. The number of hydrogen-bond acceptors (Lipinski definition) is 2. The zero-order valence-electron chi connectivity index (χ0n) is 12.5. The molecule has 1 aliphatic carbocycles. The molecular weight excluding hydrogens is 279 g/mol. The van der Waals surface area contributed by atoms with E-state index < -0.39 is 29.1 Å². The van der Waals surface area contributed by atoms with Crippen molar-refractivity contribution in [2.45, 2.75) is 51.2 Å². The third-order valence-corrected chi connectivity index (χ3v) is 4.39. The third-order valence-electron chi connectivity index (χ3n) is 4.39. The van der Waals surface area contributed by atoms with Crippen LogP contribution in [0.2, 0.25) is 0 Å². The highest BCUT2D eigenvalue weighted by molar-refractivity contribution is 5.26. The summed E-state index contributed by atoms with van der Waals surface area (Å²) >= 11 is 0. The Morgan fingerprint density at radius 3 is 2.67 bits per heavy atom. The van der Waals surface area contributed by atoms with Gasteiger partial charge in [-0.25, -0.2) is 13.2 Å². The highest BCUT2D eigenvalue weighted by Crippen LogP contribution is 2.43. The van der Waals surface area contributed by atoms with Crippen LogP contribution in [-0.2, 0) is 4.74 Å². The van der Waals surface area contributed by atoms with Gasteiger partial charge in [-0.1, -0.05) is 25.8 Å². The van der Waals surface area contributed by atoms with Crippen LogP contribution in [0.4, 0.5) is 13.2 Å². The fraction of sp³-hybridized carbons (Fsp3) is 0.625. The number of rotatable bonds is 4. The van der Waals surface area contributed by atoms with Gasteiger partial charge in [0.05, 0.1) is 11.6 Å². The first-order valence-electron chi connectivity index (χ1n) is 7.44. The van der Waals surface area contributed by atoms with Crippen LogP contribution in [0.1, 0.15) is 51.1 Å². The summed E-state index contributed by atoms with van der Waals surface area (Å²) < 4.78 is 46.4. The van der Waals surface area contributed by atoms with E-state index in [4.69, 9.17) is 10.5 Å². The zero-order valence-corrected chi connectivity index (χ0v) is 12.5. The molecule has 2 rings (SSSR count). The van der Waals surface area contributed by atoms with E-state index >= 15 is 0 Å². The Hall–Kier alpha value is -1.07. The molecule has 0 bridgehead atoms. The van der Waals surface area contributed by atoms with Crippen molar-refractivity contribution in [1.29, 1.82) is 0 Å². The van der Waals surface area contributed by atoms with Crippen molar-refractivity contribution in [2.75, 3.05) is 6.61 Å². The number of benzene rings is 1. The predicted molar refractivity (Wildman–Crippen MR) is 75.2 cm³/mol. The van der Waals surface area contributed by atoms with E-state index in [1.807, 2.05) is 6.92 Å². The molecule has 1 aliphatic rings. The van der Waals surface area contributed by atoms with Gasteiger partial charge in [0.2, 0.25) is 0 Å². The molecule has 1 fully saturated rings. The van der Waals surface area contributed by atoms with Gasteiger partial charge in [-0.2, -0.15) is 0 Å². The van der Waals surface area contributed by atoms with Crippen LogP contribution in [-0.4, -0.2) is 12.2 Å². The highest BCUT2D eigenvalue weighted by Gasteiger charge is 2.43. The molecule has 0 radical (unpaired) electrons. The molecule has 1 aromatic carbocycles. The van der Waals surface area contributed by atoms with Gasteiger partial charge in [-0.15, -0.1) is 0 Å². The van der Waals surface area contributed by atoms with E-state index in [-0.39, 0.29) is 5.56 Å². The summed E-state index contributed by atoms with van der Waals surface area (Å²) in [6.07, 6.45) is 3.40. The minimum Gasteiger partial charge on any atom is -0.373 e. The summed E-state index contributed by atoms with van der Waals surface area (Å²) in [5, 5.41) is 0. The van der Waals surface area contributed by atoms with E-state index in [0.29, 0.717) is 25.4 Å². The van der Waals surface area contributed by atoms with E-state index in [1.165, 1.54) is 6.07 Å². The summed E-state index contributed by atoms with van der Waals surface area (Å²) in [4.78, 5) is 0. The molecule has 0 saturated heterocycles. The minimum atomic E-state index is -1.47. The monoisotopic (exact) mass is 301 g/mol. The lowest BCUT2D eigenvalue weighted by molar-refractivity contribution is -0.0945. The molecule has 0 aromatic heterocycles. The lowest BCUT2D eigenvalue weighted by Crippen LogP contribution is -2.47. The summed E-state index contributed by atoms with van der Waals surface area (Å²) in [6.45, 7) is 4.41. The second-order valence-corrected chi connectivity index (χ2v) is 5.94. The first-order valence-corrected chi connectivity index (χ1v) is 7.44. The molecule has 118 valence electrons. The molecule has 0 aliphatic heterocycles. The van der Waals surface area contributed by atoms with Crippen LogP contribution < -0.4 is 5.73 Å². The Bertz CT molecular complexity index is 505. The Kier molecular flexibility index (Phi) is 4.94. The summed E-state index contributed by atoms with van der Waals surface area (Å²) in [5.74, 6) is -3.48. The van der Waals surface area contributed by atoms with Crippen LogP contribution in [0.3, 0.4) is 0 Å². The average molecular weight is 301 g/mol. The maximum absolute atomic E-state index is 14.0. The Morgan fingerprint density at radius 2 is 2.05 bits per heavy atom. The van der Waals surface area contributed by atoms with Crippen LogP contribution in [0.25, 0.3) is 0 Å². The van der Waals surface area contributed by atoms with E-state index in [1.54, 1.807) is 0 Å². The van der Waals surface area contributed by atoms with Crippen molar-refractivity contribution in [3.05, 3.63) is 35.1 Å². The number of nitrogens with two attached hydrogens (primary N) is 1. The summed E-state index contributed by atoms with van der Waals surface area (Å²) in [6, 6.07) is 1.33. The molecule has 0 amide bonds. The standard InChI is InChI=1S/C16H22F3NO/c1-3-21-16(8-4-5-10(2)9-16)15(20)11-6-7-12(17)14(19)13(11)18/h6-7,10,15H,3-5,8-9,20H2,1-2H3. The van der Waals surface area contributed by atoms with E-state index in [9.17, 15) is 13.2 Å². The second-order valence-electron chi connectivity index (χ2n) is 5.94. The lowest BCUT2D eigenvalue weighted by Gasteiger charge is -2.44. The average Bonchev–Trinajstić information content (AvgIpc) is 2.45. The SMILES string of the molecule is CCOC1(C(N)c2ccc(F)c(F)c2F)CCCC(C)C1. The van der Waals surface area contributed by atoms with Gasteiger partial charge in [-0.3, -0.25) is 0 Å². The first kappa shape index (κ1) is 16.3. The Balaban J connectivity index is 2.39. The normalized spacial score (nSPS) is 27.6. The van der Waals surface area contributed by atoms with E-state index in [0.717, 1.165) is 18.9 Å². The first-order chi connectivity index (χ1) is 9.91. The molecular formula is C16H22F3NO. The van der Waals surface area contributed by atoms with Crippen LogP contribution >= 0.6 is 0 Å². The van der Waals surface area contributed by atoms with Crippen molar-refractivity contribution >= 4 is 0 Å². The van der Waals surface area contributed by atoms with Gasteiger partial charge >= 0.3 is 0 Å². The van der Waals surface area contributed by atoms with Crippen LogP contribution in [0.5, 0.6) is 0 Å². The quantitative estimate of drug-likeness (QED) is 0.850. The maximum Gasteiger partial charge on any atom is 0.194 e. The Morgan fingerprint density at radius 1 is 1.33 bits per heavy atom. The molecule has 2 N–H and O–H groups in total. The van der Waals surface area contributed by atoms with Crippen LogP contribution in [0, 0.1) is 23.4 Å². The van der Waals surface area contributed by atoms with Gasteiger partial charge in [0, 0.05) is 12.2 Å². The molecule has 3 unspecified atom stereocenters. The molecule has 21 heavy (non-hydrogen) atoms. The smallest absolute Gasteiger partial charge is 0.194 e. The van der Waals surface area contributed by atoms with Crippen molar-refractivity contribution in [3.8, 4) is 0 Å². The largest absolute Gasteiger partial charge is 0.373 e. The van der Waals surface area contributed by atoms with Crippen molar-refractivity contribution in [1.82, 2.24) is 0 Å². The summed E-state index contributed by atoms with van der Waals surface area (Å²) in [5.41, 5.74) is 5.49. The number of halogens is 3. The number of ether oxygens (including phenoxy) is 1. The molecule has 3 atom stereocenters. The highest BCUT2D eigenvalue weighted by atomic mass is 19.2. The van der Waals surface area contributed by atoms with Crippen molar-refractivity contribution in [2.24, 2.45) is 11.7 Å².